The van der Waals surface area contributed by atoms with Crippen LogP contribution in [0.15, 0.2) is 22.7 Å². The van der Waals surface area contributed by atoms with Crippen molar-refractivity contribution < 1.29 is 19.2 Å². The van der Waals surface area contributed by atoms with Crippen LogP contribution in [0.3, 0.4) is 0 Å². The first kappa shape index (κ1) is 14.9. The SMILES string of the molecule is Cc1onc(-c2ccc(OCCBr)c(Cl)c2)c1C(=O)O. The highest BCUT2D eigenvalue weighted by atomic mass is 79.9. The Balaban J connectivity index is 2.39. The van der Waals surface area contributed by atoms with Gasteiger partial charge in [-0.2, -0.15) is 0 Å². The lowest BCUT2D eigenvalue weighted by atomic mass is 10.1. The van der Waals surface area contributed by atoms with E-state index in [9.17, 15) is 9.90 Å². The zero-order chi connectivity index (χ0) is 14.7. The van der Waals surface area contributed by atoms with E-state index >= 15 is 0 Å². The van der Waals surface area contributed by atoms with Gasteiger partial charge in [0.25, 0.3) is 0 Å². The number of aromatic carboxylic acids is 1. The standard InChI is InChI=1S/C13H11BrClNO4/c1-7-11(13(17)18)12(16-20-7)8-2-3-10(9(15)6-8)19-5-4-14/h2-3,6H,4-5H2,1H3,(H,17,18). The van der Waals surface area contributed by atoms with Gasteiger partial charge in [-0.1, -0.05) is 32.7 Å². The number of carboxylic acid groups (broad SMARTS) is 1. The van der Waals surface area contributed by atoms with Gasteiger partial charge >= 0.3 is 5.97 Å². The van der Waals surface area contributed by atoms with Gasteiger partial charge in [0.2, 0.25) is 0 Å². The molecule has 2 aromatic rings. The first-order valence-corrected chi connectivity index (χ1v) is 7.22. The topological polar surface area (TPSA) is 72.6 Å². The van der Waals surface area contributed by atoms with Gasteiger partial charge in [0.05, 0.1) is 11.6 Å². The number of hydrogen-bond donors (Lipinski definition) is 1. The van der Waals surface area contributed by atoms with Crippen molar-refractivity contribution in [3.63, 3.8) is 0 Å². The van der Waals surface area contributed by atoms with Crippen LogP contribution in [-0.2, 0) is 0 Å². The summed E-state index contributed by atoms with van der Waals surface area (Å²) in [7, 11) is 0. The van der Waals surface area contributed by atoms with Crippen LogP contribution in [0.5, 0.6) is 5.75 Å². The van der Waals surface area contributed by atoms with E-state index < -0.39 is 5.97 Å². The maximum atomic E-state index is 11.2. The molecule has 2 rings (SSSR count). The second-order valence-corrected chi connectivity index (χ2v) is 5.15. The second kappa shape index (κ2) is 6.28. The number of benzene rings is 1. The van der Waals surface area contributed by atoms with E-state index in [1.165, 1.54) is 0 Å². The maximum absolute atomic E-state index is 11.2. The number of aromatic nitrogens is 1. The highest BCUT2D eigenvalue weighted by molar-refractivity contribution is 9.09. The van der Waals surface area contributed by atoms with E-state index in [2.05, 4.69) is 21.1 Å². The van der Waals surface area contributed by atoms with Crippen molar-refractivity contribution in [2.24, 2.45) is 0 Å². The Morgan fingerprint density at radius 1 is 1.55 bits per heavy atom. The minimum absolute atomic E-state index is 0.0372. The lowest BCUT2D eigenvalue weighted by Crippen LogP contribution is -2.00. The van der Waals surface area contributed by atoms with E-state index in [0.29, 0.717) is 28.3 Å². The van der Waals surface area contributed by atoms with Crippen molar-refractivity contribution in [3.8, 4) is 17.0 Å². The minimum atomic E-state index is -1.09. The Hall–Kier alpha value is -1.53. The van der Waals surface area contributed by atoms with Crippen LogP contribution in [0, 0.1) is 6.92 Å². The quantitative estimate of drug-likeness (QED) is 0.822. The number of ether oxygens (including phenoxy) is 1. The molecular weight excluding hydrogens is 350 g/mol. The van der Waals surface area contributed by atoms with Gasteiger partial charge in [0, 0.05) is 10.9 Å². The van der Waals surface area contributed by atoms with Gasteiger partial charge < -0.3 is 14.4 Å². The first-order valence-electron chi connectivity index (χ1n) is 5.73. The predicted octanol–water partition coefficient (Wildman–Crippen LogP) is 3.78. The summed E-state index contributed by atoms with van der Waals surface area (Å²) in [5.74, 6) is -0.301. The van der Waals surface area contributed by atoms with Crippen molar-refractivity contribution in [3.05, 3.63) is 34.5 Å². The number of hydrogen-bond acceptors (Lipinski definition) is 4. The van der Waals surface area contributed by atoms with Crippen LogP contribution in [-0.4, -0.2) is 28.2 Å². The minimum Gasteiger partial charge on any atom is -0.491 e. The van der Waals surface area contributed by atoms with Crippen LogP contribution < -0.4 is 4.74 Å². The molecule has 0 fully saturated rings. The molecular formula is C13H11BrClNO4. The van der Waals surface area contributed by atoms with Crippen molar-refractivity contribution >= 4 is 33.5 Å². The van der Waals surface area contributed by atoms with Gasteiger partial charge in [0.15, 0.2) is 0 Å². The molecule has 1 N–H and O–H groups in total. The molecule has 20 heavy (non-hydrogen) atoms. The molecule has 0 aliphatic heterocycles. The number of carbonyl (C=O) groups is 1. The molecule has 0 unspecified atom stereocenters. The third-order valence-electron chi connectivity index (χ3n) is 2.62. The molecule has 0 atom stereocenters. The van der Waals surface area contributed by atoms with Crippen LogP contribution in [0.1, 0.15) is 16.1 Å². The number of nitrogens with zero attached hydrogens (tertiary/aromatic N) is 1. The number of aryl methyl sites for hydroxylation is 1. The summed E-state index contributed by atoms with van der Waals surface area (Å²) < 4.78 is 10.4. The smallest absolute Gasteiger partial charge is 0.341 e. The van der Waals surface area contributed by atoms with E-state index in [-0.39, 0.29) is 17.0 Å². The summed E-state index contributed by atoms with van der Waals surface area (Å²) >= 11 is 9.36. The predicted molar refractivity (Wildman–Crippen MR) is 77.9 cm³/mol. The fourth-order valence-corrected chi connectivity index (χ4v) is 2.13. The number of alkyl halides is 1. The molecule has 0 spiro atoms. The monoisotopic (exact) mass is 359 g/mol. The molecule has 0 saturated heterocycles. The average Bonchev–Trinajstić information content (AvgIpc) is 2.79. The molecule has 0 aliphatic rings. The zero-order valence-corrected chi connectivity index (χ0v) is 12.9. The normalized spacial score (nSPS) is 10.6. The summed E-state index contributed by atoms with van der Waals surface area (Å²) in [5.41, 5.74) is 0.856. The fraction of sp³-hybridized carbons (Fsp3) is 0.231. The molecule has 106 valence electrons. The first-order chi connectivity index (χ1) is 9.54. The van der Waals surface area contributed by atoms with E-state index in [4.69, 9.17) is 20.9 Å². The van der Waals surface area contributed by atoms with E-state index in [0.717, 1.165) is 0 Å². The van der Waals surface area contributed by atoms with Gasteiger partial charge in [0.1, 0.15) is 22.8 Å². The number of rotatable bonds is 5. The molecule has 0 bridgehead atoms. The lowest BCUT2D eigenvalue weighted by Gasteiger charge is -2.07. The van der Waals surface area contributed by atoms with Gasteiger partial charge in [-0.05, 0) is 25.1 Å². The Bertz CT molecular complexity index is 641. The van der Waals surface area contributed by atoms with Gasteiger partial charge in [-0.25, -0.2) is 4.79 Å². The Morgan fingerprint density at radius 3 is 2.90 bits per heavy atom. The molecule has 1 heterocycles. The van der Waals surface area contributed by atoms with Crippen LogP contribution in [0.2, 0.25) is 5.02 Å². The van der Waals surface area contributed by atoms with Gasteiger partial charge in [-0.15, -0.1) is 0 Å². The van der Waals surface area contributed by atoms with Crippen molar-refractivity contribution in [2.75, 3.05) is 11.9 Å². The Labute approximate surface area is 128 Å². The van der Waals surface area contributed by atoms with Crippen molar-refractivity contribution in [1.29, 1.82) is 0 Å². The summed E-state index contributed by atoms with van der Waals surface area (Å²) in [6.07, 6.45) is 0. The highest BCUT2D eigenvalue weighted by Crippen LogP contribution is 2.32. The Morgan fingerprint density at radius 2 is 2.30 bits per heavy atom. The average molecular weight is 361 g/mol. The summed E-state index contributed by atoms with van der Waals surface area (Å²) in [4.78, 5) is 11.2. The lowest BCUT2D eigenvalue weighted by molar-refractivity contribution is 0.0696. The molecule has 7 heteroatoms. The number of carboxylic acids is 1. The third kappa shape index (κ3) is 2.96. The third-order valence-corrected chi connectivity index (χ3v) is 3.24. The molecule has 0 amide bonds. The second-order valence-electron chi connectivity index (χ2n) is 3.95. The molecule has 0 saturated carbocycles. The summed E-state index contributed by atoms with van der Waals surface area (Å²) in [6.45, 7) is 2.04. The molecule has 1 aromatic heterocycles. The Kier molecular flexibility index (Phi) is 4.67. The number of halogens is 2. The molecule has 0 aliphatic carbocycles. The van der Waals surface area contributed by atoms with Crippen LogP contribution >= 0.6 is 27.5 Å². The molecule has 5 nitrogen and oxygen atoms in total. The van der Waals surface area contributed by atoms with E-state index in [1.807, 2.05) is 0 Å². The molecule has 1 aromatic carbocycles. The van der Waals surface area contributed by atoms with Crippen molar-refractivity contribution in [1.82, 2.24) is 5.16 Å². The van der Waals surface area contributed by atoms with Gasteiger partial charge in [-0.3, -0.25) is 0 Å². The molecule has 0 radical (unpaired) electrons. The fourth-order valence-electron chi connectivity index (χ4n) is 1.73. The highest BCUT2D eigenvalue weighted by Gasteiger charge is 2.21. The largest absolute Gasteiger partial charge is 0.491 e. The zero-order valence-electron chi connectivity index (χ0n) is 10.5. The van der Waals surface area contributed by atoms with E-state index in [1.54, 1.807) is 25.1 Å². The summed E-state index contributed by atoms with van der Waals surface area (Å²) in [5, 5.41) is 14.0. The van der Waals surface area contributed by atoms with Crippen LogP contribution in [0.4, 0.5) is 0 Å². The van der Waals surface area contributed by atoms with Crippen molar-refractivity contribution in [2.45, 2.75) is 6.92 Å². The van der Waals surface area contributed by atoms with Crippen LogP contribution in [0.25, 0.3) is 11.3 Å². The summed E-state index contributed by atoms with van der Waals surface area (Å²) in [6, 6.07) is 4.98. The maximum Gasteiger partial charge on any atom is 0.341 e.